The van der Waals surface area contributed by atoms with Gasteiger partial charge in [0, 0.05) is 43.5 Å². The van der Waals surface area contributed by atoms with Gasteiger partial charge in [-0.3, -0.25) is 0 Å². The lowest BCUT2D eigenvalue weighted by Crippen LogP contribution is -2.46. The number of hydrogen-bond donors (Lipinski definition) is 2. The summed E-state index contributed by atoms with van der Waals surface area (Å²) >= 11 is 1.78. The van der Waals surface area contributed by atoms with E-state index in [1.165, 1.54) is 4.88 Å². The number of ether oxygens (including phenoxy) is 1. The Morgan fingerprint density at radius 1 is 1.44 bits per heavy atom. The third-order valence-corrected chi connectivity index (χ3v) is 4.55. The quantitative estimate of drug-likeness (QED) is 0.863. The van der Waals surface area contributed by atoms with Gasteiger partial charge in [0.25, 0.3) is 0 Å². The van der Waals surface area contributed by atoms with Crippen LogP contribution in [0.25, 0.3) is 0 Å². The summed E-state index contributed by atoms with van der Waals surface area (Å²) in [7, 11) is 0. The van der Waals surface area contributed by atoms with Gasteiger partial charge in [0.15, 0.2) is 0 Å². The van der Waals surface area contributed by atoms with Crippen LogP contribution in [-0.2, 0) is 4.74 Å². The van der Waals surface area contributed by atoms with Crippen molar-refractivity contribution in [2.75, 3.05) is 19.8 Å². The van der Waals surface area contributed by atoms with Crippen molar-refractivity contribution in [2.45, 2.75) is 38.3 Å². The van der Waals surface area contributed by atoms with Gasteiger partial charge < -0.3 is 15.2 Å². The highest BCUT2D eigenvalue weighted by Gasteiger charge is 2.31. The lowest BCUT2D eigenvalue weighted by molar-refractivity contribution is -0.0633. The minimum absolute atomic E-state index is 0.330. The largest absolute Gasteiger partial charge is 0.388 e. The van der Waals surface area contributed by atoms with Crippen LogP contribution in [0.2, 0.25) is 0 Å². The van der Waals surface area contributed by atoms with Crippen molar-refractivity contribution in [3.8, 4) is 0 Å². The van der Waals surface area contributed by atoms with E-state index >= 15 is 0 Å². The zero-order valence-electron chi connectivity index (χ0n) is 11.2. The maximum absolute atomic E-state index is 10.5. The Kier molecular flexibility index (Phi) is 4.78. The normalized spacial score (nSPS) is 21.1. The monoisotopic (exact) mass is 269 g/mol. The first-order valence-corrected chi connectivity index (χ1v) is 7.56. The molecule has 2 rings (SSSR count). The van der Waals surface area contributed by atoms with Gasteiger partial charge in [0.05, 0.1) is 5.60 Å². The van der Waals surface area contributed by atoms with Gasteiger partial charge in [0.2, 0.25) is 0 Å². The molecule has 0 radical (unpaired) electrons. The standard InChI is InChI=1S/C14H23NO2S/c1-11(2)13(12-4-3-9-18-12)15-10-14(16)5-7-17-8-6-14/h3-4,9,11,13,15-16H,5-8,10H2,1-2H3. The lowest BCUT2D eigenvalue weighted by Gasteiger charge is -2.34. The van der Waals surface area contributed by atoms with Crippen molar-refractivity contribution in [3.05, 3.63) is 22.4 Å². The van der Waals surface area contributed by atoms with Crippen LogP contribution in [-0.4, -0.2) is 30.5 Å². The first kappa shape index (κ1) is 14.0. The number of aliphatic hydroxyl groups is 1. The second-order valence-corrected chi connectivity index (χ2v) is 6.43. The van der Waals surface area contributed by atoms with Gasteiger partial charge >= 0.3 is 0 Å². The molecule has 18 heavy (non-hydrogen) atoms. The Hall–Kier alpha value is -0.420. The van der Waals surface area contributed by atoms with Gasteiger partial charge in [0.1, 0.15) is 0 Å². The Morgan fingerprint density at radius 3 is 2.72 bits per heavy atom. The summed E-state index contributed by atoms with van der Waals surface area (Å²) in [6.45, 7) is 6.42. The summed E-state index contributed by atoms with van der Waals surface area (Å²) in [5.41, 5.74) is -0.595. The summed E-state index contributed by atoms with van der Waals surface area (Å²) in [6, 6.07) is 4.58. The highest BCUT2D eigenvalue weighted by atomic mass is 32.1. The third-order valence-electron chi connectivity index (χ3n) is 3.59. The molecule has 2 N–H and O–H groups in total. The molecule has 102 valence electrons. The van der Waals surface area contributed by atoms with E-state index in [2.05, 4.69) is 36.7 Å². The predicted octanol–water partition coefficient (Wildman–Crippen LogP) is 2.58. The van der Waals surface area contributed by atoms with E-state index in [0.29, 0.717) is 31.7 Å². The summed E-state index contributed by atoms with van der Waals surface area (Å²) in [5.74, 6) is 0.520. The predicted molar refractivity (Wildman–Crippen MR) is 74.9 cm³/mol. The van der Waals surface area contributed by atoms with E-state index in [4.69, 9.17) is 4.74 Å². The second kappa shape index (κ2) is 6.15. The highest BCUT2D eigenvalue weighted by Crippen LogP contribution is 2.27. The fourth-order valence-electron chi connectivity index (χ4n) is 2.36. The third kappa shape index (κ3) is 3.54. The van der Waals surface area contributed by atoms with Crippen LogP contribution in [0.5, 0.6) is 0 Å². The molecular formula is C14H23NO2S. The summed E-state index contributed by atoms with van der Waals surface area (Å²) in [4.78, 5) is 1.35. The van der Waals surface area contributed by atoms with Crippen LogP contribution >= 0.6 is 11.3 Å². The molecule has 1 unspecified atom stereocenters. The molecule has 3 nitrogen and oxygen atoms in total. The lowest BCUT2D eigenvalue weighted by atomic mass is 9.93. The molecule has 4 heteroatoms. The smallest absolute Gasteiger partial charge is 0.0815 e. The molecule has 0 amide bonds. The van der Waals surface area contributed by atoms with E-state index in [1.54, 1.807) is 11.3 Å². The SMILES string of the molecule is CC(C)C(NCC1(O)CCOCC1)c1cccs1. The van der Waals surface area contributed by atoms with E-state index in [0.717, 1.165) is 12.8 Å². The molecule has 1 aromatic heterocycles. The van der Waals surface area contributed by atoms with Crippen LogP contribution in [0.3, 0.4) is 0 Å². The molecule has 1 fully saturated rings. The molecule has 0 spiro atoms. The minimum Gasteiger partial charge on any atom is -0.388 e. The molecule has 1 aliphatic rings. The van der Waals surface area contributed by atoms with Crippen molar-refractivity contribution in [1.82, 2.24) is 5.32 Å². The van der Waals surface area contributed by atoms with Crippen molar-refractivity contribution >= 4 is 11.3 Å². The van der Waals surface area contributed by atoms with Crippen molar-refractivity contribution < 1.29 is 9.84 Å². The molecule has 0 saturated carbocycles. The van der Waals surface area contributed by atoms with Gasteiger partial charge in [-0.05, 0) is 17.4 Å². The highest BCUT2D eigenvalue weighted by molar-refractivity contribution is 7.10. The van der Waals surface area contributed by atoms with Crippen LogP contribution in [0, 0.1) is 5.92 Å². The zero-order chi connectivity index (χ0) is 13.0. The molecule has 0 aromatic carbocycles. The fraction of sp³-hybridized carbons (Fsp3) is 0.714. The molecule has 1 atom stereocenters. The molecule has 0 aliphatic carbocycles. The first-order valence-electron chi connectivity index (χ1n) is 6.68. The molecule has 0 bridgehead atoms. The van der Waals surface area contributed by atoms with Crippen molar-refractivity contribution in [3.63, 3.8) is 0 Å². The maximum atomic E-state index is 10.5. The Morgan fingerprint density at radius 2 is 2.17 bits per heavy atom. The van der Waals surface area contributed by atoms with E-state index < -0.39 is 5.60 Å². The molecular weight excluding hydrogens is 246 g/mol. The van der Waals surface area contributed by atoms with Crippen LogP contribution in [0.15, 0.2) is 17.5 Å². The Labute approximate surface area is 113 Å². The van der Waals surface area contributed by atoms with Crippen LogP contribution < -0.4 is 5.32 Å². The molecule has 1 aromatic rings. The summed E-state index contributed by atoms with van der Waals surface area (Å²) in [6.07, 6.45) is 1.46. The maximum Gasteiger partial charge on any atom is 0.0815 e. The Bertz CT molecular complexity index is 345. The summed E-state index contributed by atoms with van der Waals surface area (Å²) in [5, 5.41) is 16.1. The van der Waals surface area contributed by atoms with E-state index in [9.17, 15) is 5.11 Å². The van der Waals surface area contributed by atoms with Gasteiger partial charge in [-0.2, -0.15) is 0 Å². The second-order valence-electron chi connectivity index (χ2n) is 5.45. The number of rotatable bonds is 5. The fourth-order valence-corrected chi connectivity index (χ4v) is 3.33. The van der Waals surface area contributed by atoms with Crippen molar-refractivity contribution in [1.29, 1.82) is 0 Å². The van der Waals surface area contributed by atoms with Gasteiger partial charge in [-0.15, -0.1) is 11.3 Å². The Balaban J connectivity index is 1.93. The topological polar surface area (TPSA) is 41.5 Å². The van der Waals surface area contributed by atoms with Crippen molar-refractivity contribution in [2.24, 2.45) is 5.92 Å². The average Bonchev–Trinajstić information content (AvgIpc) is 2.83. The average molecular weight is 269 g/mol. The van der Waals surface area contributed by atoms with Gasteiger partial charge in [-0.1, -0.05) is 19.9 Å². The number of nitrogens with one attached hydrogen (secondary N) is 1. The minimum atomic E-state index is -0.595. The molecule has 1 aliphatic heterocycles. The number of hydrogen-bond acceptors (Lipinski definition) is 4. The first-order chi connectivity index (χ1) is 8.61. The molecule has 1 saturated heterocycles. The zero-order valence-corrected chi connectivity index (χ0v) is 12.0. The summed E-state index contributed by atoms with van der Waals surface area (Å²) < 4.78 is 5.31. The van der Waals surface area contributed by atoms with Crippen LogP contribution in [0.4, 0.5) is 0 Å². The van der Waals surface area contributed by atoms with E-state index in [1.807, 2.05) is 0 Å². The van der Waals surface area contributed by atoms with Crippen LogP contribution in [0.1, 0.15) is 37.6 Å². The molecule has 2 heterocycles. The number of thiophene rings is 1. The van der Waals surface area contributed by atoms with E-state index in [-0.39, 0.29) is 0 Å². The van der Waals surface area contributed by atoms with Gasteiger partial charge in [-0.25, -0.2) is 0 Å².